The van der Waals surface area contributed by atoms with Gasteiger partial charge in [0.2, 0.25) is 5.91 Å². The Morgan fingerprint density at radius 1 is 1.15 bits per heavy atom. The van der Waals surface area contributed by atoms with E-state index in [4.69, 9.17) is 9.84 Å². The maximum atomic E-state index is 13.7. The molecule has 40 heavy (non-hydrogen) atoms. The molecule has 1 aliphatic heterocycles. The Morgan fingerprint density at radius 3 is 2.45 bits per heavy atom. The molecule has 2 heterocycles. The van der Waals surface area contributed by atoms with Crippen LogP contribution in [0.15, 0.2) is 29.8 Å². The number of ether oxygens (including phenoxy) is 1. The van der Waals surface area contributed by atoms with Crippen molar-refractivity contribution < 1.29 is 34.1 Å². The molecule has 0 saturated carbocycles. The number of thiazole rings is 1. The van der Waals surface area contributed by atoms with E-state index in [1.165, 1.54) is 4.90 Å². The molecule has 2 N–H and O–H groups in total. The van der Waals surface area contributed by atoms with Crippen molar-refractivity contribution in [2.75, 3.05) is 19.8 Å². The normalized spacial score (nSPS) is 18.1. The number of ketones is 2. The van der Waals surface area contributed by atoms with Crippen LogP contribution in [0.3, 0.4) is 0 Å². The number of hydrogen-bond acceptors (Lipinski definition) is 8. The molecule has 218 valence electrons. The van der Waals surface area contributed by atoms with Crippen LogP contribution in [0, 0.1) is 18.3 Å². The largest absolute Gasteiger partial charge is 0.481 e. The third kappa shape index (κ3) is 8.78. The zero-order chi connectivity index (χ0) is 29.4. The zero-order valence-electron chi connectivity index (χ0n) is 23.7. The van der Waals surface area contributed by atoms with E-state index in [1.807, 2.05) is 57.5 Å². The predicted molar refractivity (Wildman–Crippen MR) is 152 cm³/mol. The minimum absolute atomic E-state index is 0.0398. The van der Waals surface area contributed by atoms with E-state index in [2.05, 4.69) is 4.98 Å². The van der Waals surface area contributed by atoms with Crippen LogP contribution < -0.4 is 0 Å². The summed E-state index contributed by atoms with van der Waals surface area (Å²) in [4.78, 5) is 57.1. The summed E-state index contributed by atoms with van der Waals surface area (Å²) in [6, 6.07) is 7.32. The highest BCUT2D eigenvalue weighted by Gasteiger charge is 2.44. The van der Waals surface area contributed by atoms with Crippen molar-refractivity contribution in [2.24, 2.45) is 11.3 Å². The molecule has 3 atom stereocenters. The first kappa shape index (κ1) is 31.6. The Balaban J connectivity index is 1.60. The summed E-state index contributed by atoms with van der Waals surface area (Å²) in [6.45, 7) is 7.59. The summed E-state index contributed by atoms with van der Waals surface area (Å²) in [6.07, 6.45) is 0.358. The second-order valence-electron chi connectivity index (χ2n) is 11.5. The number of carboxylic acids is 1. The lowest BCUT2D eigenvalue weighted by molar-refractivity contribution is -0.146. The van der Waals surface area contributed by atoms with E-state index >= 15 is 0 Å². The molecule has 1 saturated heterocycles. The Hall–Kier alpha value is -2.95. The number of aliphatic hydroxyl groups excluding tert-OH is 1. The Labute approximate surface area is 239 Å². The number of β-amino-alcohol motifs (C(OH)–C–C–N with tert-alkyl or cyclic N) is 1. The second kappa shape index (κ2) is 14.1. The molecule has 0 spiro atoms. The maximum absolute atomic E-state index is 13.7. The van der Waals surface area contributed by atoms with Gasteiger partial charge in [0.05, 0.1) is 28.2 Å². The Morgan fingerprint density at radius 2 is 1.85 bits per heavy atom. The average molecular weight is 573 g/mol. The first-order valence-electron chi connectivity index (χ1n) is 13.7. The van der Waals surface area contributed by atoms with E-state index < -0.39 is 29.4 Å². The number of rotatable bonds is 14. The van der Waals surface area contributed by atoms with E-state index in [9.17, 15) is 24.3 Å². The van der Waals surface area contributed by atoms with E-state index in [0.717, 1.165) is 21.7 Å². The smallest absolute Gasteiger partial charge is 0.303 e. The lowest BCUT2D eigenvalue weighted by Crippen LogP contribution is -2.47. The van der Waals surface area contributed by atoms with Crippen LogP contribution in [0.2, 0.25) is 0 Å². The molecule has 0 bridgehead atoms. The molecular weight excluding hydrogens is 532 g/mol. The summed E-state index contributed by atoms with van der Waals surface area (Å²) in [5, 5.41) is 19.1. The number of aryl methyl sites for hydroxylation is 2. The highest BCUT2D eigenvalue weighted by atomic mass is 32.1. The second-order valence-corrected chi connectivity index (χ2v) is 12.4. The molecule has 0 unspecified atom stereocenters. The Kier molecular flexibility index (Phi) is 11.1. The number of nitrogens with zero attached hydrogens (tertiary/aromatic N) is 2. The number of aliphatic hydroxyl groups is 1. The number of carbonyl (C=O) groups excluding carboxylic acids is 3. The summed E-state index contributed by atoms with van der Waals surface area (Å²) in [5.41, 5.74) is 4.33. The van der Waals surface area contributed by atoms with E-state index in [-0.39, 0.29) is 62.9 Å². The Bertz CT molecular complexity index is 1190. The zero-order valence-corrected chi connectivity index (χ0v) is 24.5. The summed E-state index contributed by atoms with van der Waals surface area (Å²) in [5.74, 6) is -2.29. The molecule has 2 aromatic rings. The van der Waals surface area contributed by atoms with Gasteiger partial charge in [-0.05, 0) is 36.3 Å². The third-order valence-corrected chi connectivity index (χ3v) is 8.25. The third-order valence-electron chi connectivity index (χ3n) is 7.27. The predicted octanol–water partition coefficient (Wildman–Crippen LogP) is 4.08. The molecule has 1 aliphatic rings. The van der Waals surface area contributed by atoms with Crippen molar-refractivity contribution in [3.8, 4) is 10.4 Å². The van der Waals surface area contributed by atoms with E-state index in [0.29, 0.717) is 12.8 Å². The van der Waals surface area contributed by atoms with Crippen LogP contribution in [0.25, 0.3) is 10.4 Å². The average Bonchev–Trinajstić information content (AvgIpc) is 3.50. The topological polar surface area (TPSA) is 134 Å². The van der Waals surface area contributed by atoms with Crippen molar-refractivity contribution in [1.82, 2.24) is 9.88 Å². The molecule has 1 fully saturated rings. The van der Waals surface area contributed by atoms with Gasteiger partial charge in [0.15, 0.2) is 11.6 Å². The number of aromatic nitrogens is 1. The van der Waals surface area contributed by atoms with Crippen LogP contribution in [0.4, 0.5) is 0 Å². The molecule has 0 aliphatic carbocycles. The fourth-order valence-electron chi connectivity index (χ4n) is 4.96. The van der Waals surface area contributed by atoms with Gasteiger partial charge in [-0.25, -0.2) is 4.98 Å². The molecule has 1 aromatic carbocycles. The van der Waals surface area contributed by atoms with Gasteiger partial charge in [-0.3, -0.25) is 19.2 Å². The molecule has 3 rings (SSSR count). The van der Waals surface area contributed by atoms with Crippen molar-refractivity contribution in [1.29, 1.82) is 0 Å². The molecule has 1 aromatic heterocycles. The standard InChI is InChI=1S/C30H40N2O7S/c1-19-28(40-18-31-19)21-10-7-20(8-11-21)9-12-26(35)25-15-22(33)16-32(25)29(38)24(30(2,3)4)14-23(34)17-39-13-5-6-27(36)37/h7-8,10-11,18,22,24-25,33H,5-6,9,12-17H2,1-4H3,(H,36,37)/t22-,24-,25+/m1/s1. The van der Waals surface area contributed by atoms with Gasteiger partial charge in [0.1, 0.15) is 6.61 Å². The number of amides is 1. The number of hydrogen-bond donors (Lipinski definition) is 2. The van der Waals surface area contributed by atoms with Crippen LogP contribution >= 0.6 is 11.3 Å². The van der Waals surface area contributed by atoms with Gasteiger partial charge in [-0.15, -0.1) is 11.3 Å². The van der Waals surface area contributed by atoms with Gasteiger partial charge in [0.25, 0.3) is 0 Å². The summed E-state index contributed by atoms with van der Waals surface area (Å²) >= 11 is 1.59. The van der Waals surface area contributed by atoms with Gasteiger partial charge in [-0.2, -0.15) is 0 Å². The number of Topliss-reactive ketones (excluding diaryl/α,β-unsaturated/α-hetero) is 2. The number of aliphatic carboxylic acids is 1. The van der Waals surface area contributed by atoms with Crippen molar-refractivity contribution in [2.45, 2.75) is 78.4 Å². The lowest BCUT2D eigenvalue weighted by atomic mass is 9.76. The van der Waals surface area contributed by atoms with Crippen molar-refractivity contribution in [3.63, 3.8) is 0 Å². The molecule has 10 heteroatoms. The monoisotopic (exact) mass is 572 g/mol. The van der Waals surface area contributed by atoms with Crippen molar-refractivity contribution in [3.05, 3.63) is 41.0 Å². The molecule has 1 amide bonds. The first-order valence-corrected chi connectivity index (χ1v) is 14.6. The summed E-state index contributed by atoms with van der Waals surface area (Å²) < 4.78 is 5.31. The molecule has 0 radical (unpaired) electrons. The maximum Gasteiger partial charge on any atom is 0.303 e. The lowest BCUT2D eigenvalue weighted by Gasteiger charge is -2.34. The number of carboxylic acid groups (broad SMARTS) is 1. The minimum Gasteiger partial charge on any atom is -0.481 e. The number of likely N-dealkylation sites (tertiary alicyclic amines) is 1. The number of carbonyl (C=O) groups is 4. The minimum atomic E-state index is -0.926. The van der Waals surface area contributed by atoms with Crippen molar-refractivity contribution >= 4 is 34.8 Å². The van der Waals surface area contributed by atoms with Crippen LogP contribution in [0.1, 0.15) is 64.1 Å². The molecule has 9 nitrogen and oxygen atoms in total. The quantitative estimate of drug-likeness (QED) is 0.324. The highest BCUT2D eigenvalue weighted by molar-refractivity contribution is 7.13. The van der Waals surface area contributed by atoms with Crippen LogP contribution in [-0.4, -0.2) is 75.4 Å². The van der Waals surface area contributed by atoms with Gasteiger partial charge in [0, 0.05) is 44.8 Å². The molecular formula is C30H40N2O7S. The first-order chi connectivity index (χ1) is 18.9. The van der Waals surface area contributed by atoms with Gasteiger partial charge in [-0.1, -0.05) is 45.0 Å². The number of benzene rings is 1. The highest BCUT2D eigenvalue weighted by Crippen LogP contribution is 2.34. The van der Waals surface area contributed by atoms with Crippen LogP contribution in [0.5, 0.6) is 0 Å². The van der Waals surface area contributed by atoms with Crippen LogP contribution in [-0.2, 0) is 30.3 Å². The fourth-order valence-corrected chi connectivity index (χ4v) is 5.77. The van der Waals surface area contributed by atoms with Gasteiger partial charge >= 0.3 is 5.97 Å². The summed E-state index contributed by atoms with van der Waals surface area (Å²) in [7, 11) is 0. The van der Waals surface area contributed by atoms with Gasteiger partial charge < -0.3 is 19.8 Å². The fraction of sp³-hybridized carbons (Fsp3) is 0.567. The van der Waals surface area contributed by atoms with E-state index in [1.54, 1.807) is 11.3 Å². The SMILES string of the molecule is Cc1ncsc1-c1ccc(CCC(=O)[C@@H]2C[C@@H](O)CN2C(=O)[C@@H](CC(=O)COCCCC(=O)O)C(C)(C)C)cc1.